The van der Waals surface area contributed by atoms with Gasteiger partial charge in [-0.15, -0.1) is 0 Å². The Labute approximate surface area is 110 Å². The Morgan fingerprint density at radius 3 is 2.84 bits per heavy atom. The zero-order valence-electron chi connectivity index (χ0n) is 10.6. The molecule has 5 nitrogen and oxygen atoms in total. The second-order valence-electron chi connectivity index (χ2n) is 4.47. The van der Waals surface area contributed by atoms with Crippen molar-refractivity contribution in [3.63, 3.8) is 0 Å². The maximum absolute atomic E-state index is 13.8. The molecule has 0 radical (unpaired) electrons. The molecule has 0 saturated carbocycles. The van der Waals surface area contributed by atoms with Crippen molar-refractivity contribution in [3.8, 4) is 0 Å². The predicted molar refractivity (Wildman–Crippen MR) is 66.0 cm³/mol. The van der Waals surface area contributed by atoms with Crippen LogP contribution in [0.2, 0.25) is 0 Å². The molecule has 6 heteroatoms. The molecule has 1 aromatic rings. The molecule has 0 unspecified atom stereocenters. The molecule has 2 amide bonds. The highest BCUT2D eigenvalue weighted by atomic mass is 19.1. The number of halogens is 1. The van der Waals surface area contributed by atoms with Gasteiger partial charge in [0, 0.05) is 6.54 Å². The fourth-order valence-electron chi connectivity index (χ4n) is 2.03. The summed E-state index contributed by atoms with van der Waals surface area (Å²) in [5.41, 5.74) is 5.90. The lowest BCUT2D eigenvalue weighted by Crippen LogP contribution is -2.54. The maximum Gasteiger partial charge on any atom is 0.257 e. The van der Waals surface area contributed by atoms with Crippen LogP contribution in [0.4, 0.5) is 4.39 Å². The number of carbonyl (C=O) groups excluding carboxylic acids is 2. The summed E-state index contributed by atoms with van der Waals surface area (Å²) in [4.78, 5) is 24.8. The van der Waals surface area contributed by atoms with Gasteiger partial charge < -0.3 is 15.4 Å². The molecule has 1 aromatic carbocycles. The Hall–Kier alpha value is -1.95. The van der Waals surface area contributed by atoms with Crippen molar-refractivity contribution in [1.29, 1.82) is 0 Å². The van der Waals surface area contributed by atoms with E-state index < -0.39 is 23.7 Å². The number of ether oxygens (including phenoxy) is 1. The minimum Gasteiger partial charge on any atom is -0.377 e. The van der Waals surface area contributed by atoms with E-state index in [2.05, 4.69) is 0 Å². The Morgan fingerprint density at radius 1 is 1.47 bits per heavy atom. The number of primary amides is 1. The van der Waals surface area contributed by atoms with Crippen LogP contribution in [-0.2, 0) is 9.53 Å². The highest BCUT2D eigenvalue weighted by Gasteiger charge is 2.32. The van der Waals surface area contributed by atoms with Gasteiger partial charge in [-0.05, 0) is 24.6 Å². The van der Waals surface area contributed by atoms with Crippen LogP contribution in [0, 0.1) is 12.7 Å². The number of hydrogen-bond donors (Lipinski definition) is 1. The van der Waals surface area contributed by atoms with Crippen LogP contribution in [-0.4, -0.2) is 42.5 Å². The van der Waals surface area contributed by atoms with Gasteiger partial charge in [0.2, 0.25) is 5.91 Å². The number of benzene rings is 1. The number of nitrogens with zero attached hydrogens (tertiary/aromatic N) is 1. The highest BCUT2D eigenvalue weighted by molar-refractivity contribution is 5.97. The molecule has 0 aromatic heterocycles. The fourth-order valence-corrected chi connectivity index (χ4v) is 2.03. The molecule has 0 aliphatic carbocycles. The van der Waals surface area contributed by atoms with Gasteiger partial charge in [-0.1, -0.05) is 6.07 Å². The molecular formula is C13H15FN2O3. The summed E-state index contributed by atoms with van der Waals surface area (Å²) in [6, 6.07) is 3.51. The van der Waals surface area contributed by atoms with Crippen molar-refractivity contribution < 1.29 is 18.7 Å². The minimum atomic E-state index is -0.845. The zero-order valence-corrected chi connectivity index (χ0v) is 10.6. The van der Waals surface area contributed by atoms with Gasteiger partial charge in [-0.3, -0.25) is 9.59 Å². The van der Waals surface area contributed by atoms with Crippen LogP contribution < -0.4 is 5.73 Å². The predicted octanol–water partition coefficient (Wildman–Crippen LogP) is 0.460. The lowest BCUT2D eigenvalue weighted by atomic mass is 10.1. The van der Waals surface area contributed by atoms with E-state index in [1.807, 2.05) is 0 Å². The van der Waals surface area contributed by atoms with Crippen molar-refractivity contribution in [3.05, 3.63) is 35.1 Å². The van der Waals surface area contributed by atoms with Gasteiger partial charge in [0.15, 0.2) is 0 Å². The van der Waals surface area contributed by atoms with E-state index in [1.165, 1.54) is 17.0 Å². The van der Waals surface area contributed by atoms with Gasteiger partial charge in [-0.25, -0.2) is 4.39 Å². The minimum absolute atomic E-state index is 0.0502. The second-order valence-corrected chi connectivity index (χ2v) is 4.47. The molecule has 2 N–H and O–H groups in total. The van der Waals surface area contributed by atoms with Crippen LogP contribution in [0.1, 0.15) is 15.9 Å². The van der Waals surface area contributed by atoms with E-state index in [4.69, 9.17) is 10.5 Å². The molecule has 0 spiro atoms. The Bertz CT molecular complexity index is 519. The van der Waals surface area contributed by atoms with E-state index >= 15 is 0 Å². The van der Waals surface area contributed by atoms with Crippen molar-refractivity contribution in [2.24, 2.45) is 5.73 Å². The molecule has 1 fully saturated rings. The topological polar surface area (TPSA) is 72.6 Å². The summed E-state index contributed by atoms with van der Waals surface area (Å²) in [7, 11) is 0. The standard InChI is InChI=1S/C13H15FN2O3/c1-8-2-3-9(10(14)6-8)13(18)16-4-5-19-7-11(16)12(15)17/h2-3,6,11H,4-5,7H2,1H3,(H2,15,17)/t11-/m1/s1. The van der Waals surface area contributed by atoms with Crippen molar-refractivity contribution in [2.45, 2.75) is 13.0 Å². The smallest absolute Gasteiger partial charge is 0.257 e. The normalized spacial score (nSPS) is 19.3. The van der Waals surface area contributed by atoms with Gasteiger partial charge in [0.05, 0.1) is 18.8 Å². The third-order valence-corrected chi connectivity index (χ3v) is 3.07. The molecule has 1 heterocycles. The van der Waals surface area contributed by atoms with E-state index in [-0.39, 0.29) is 18.7 Å². The quantitative estimate of drug-likeness (QED) is 0.845. The van der Waals surface area contributed by atoms with Crippen LogP contribution in [0.5, 0.6) is 0 Å². The molecule has 1 atom stereocenters. The van der Waals surface area contributed by atoms with Crippen LogP contribution >= 0.6 is 0 Å². The summed E-state index contributed by atoms with van der Waals surface area (Å²) in [6.45, 7) is 2.32. The second kappa shape index (κ2) is 5.36. The van der Waals surface area contributed by atoms with Gasteiger partial charge in [0.25, 0.3) is 5.91 Å². The molecule has 1 aliphatic heterocycles. The largest absolute Gasteiger partial charge is 0.377 e. The monoisotopic (exact) mass is 266 g/mol. The van der Waals surface area contributed by atoms with E-state index in [0.29, 0.717) is 6.61 Å². The summed E-state index contributed by atoms with van der Waals surface area (Å²) in [5.74, 6) is -1.79. The number of carbonyl (C=O) groups is 2. The first-order valence-electron chi connectivity index (χ1n) is 5.95. The number of rotatable bonds is 2. The Morgan fingerprint density at radius 2 is 2.21 bits per heavy atom. The first kappa shape index (κ1) is 13.5. The first-order chi connectivity index (χ1) is 9.00. The third-order valence-electron chi connectivity index (χ3n) is 3.07. The SMILES string of the molecule is Cc1ccc(C(=O)N2CCOC[C@@H]2C(N)=O)c(F)c1. The first-order valence-corrected chi connectivity index (χ1v) is 5.95. The van der Waals surface area contributed by atoms with Gasteiger partial charge in [0.1, 0.15) is 11.9 Å². The average molecular weight is 266 g/mol. The number of nitrogens with two attached hydrogens (primary N) is 1. The molecule has 1 saturated heterocycles. The van der Waals surface area contributed by atoms with Crippen LogP contribution in [0.15, 0.2) is 18.2 Å². The lowest BCUT2D eigenvalue weighted by molar-refractivity contribution is -0.127. The van der Waals surface area contributed by atoms with Gasteiger partial charge >= 0.3 is 0 Å². The number of amides is 2. The lowest BCUT2D eigenvalue weighted by Gasteiger charge is -2.33. The summed E-state index contributed by atoms with van der Waals surface area (Å²) < 4.78 is 18.9. The number of morpholine rings is 1. The van der Waals surface area contributed by atoms with Crippen molar-refractivity contribution in [1.82, 2.24) is 4.90 Å². The van der Waals surface area contributed by atoms with E-state index in [0.717, 1.165) is 5.56 Å². The van der Waals surface area contributed by atoms with Crippen molar-refractivity contribution in [2.75, 3.05) is 19.8 Å². The highest BCUT2D eigenvalue weighted by Crippen LogP contribution is 2.16. The zero-order chi connectivity index (χ0) is 14.0. The van der Waals surface area contributed by atoms with Gasteiger partial charge in [-0.2, -0.15) is 0 Å². The van der Waals surface area contributed by atoms with Crippen LogP contribution in [0.25, 0.3) is 0 Å². The molecule has 0 bridgehead atoms. The average Bonchev–Trinajstić information content (AvgIpc) is 2.38. The molecule has 102 valence electrons. The summed E-state index contributed by atoms with van der Waals surface area (Å²) in [5, 5.41) is 0. The molecule has 1 aliphatic rings. The molecular weight excluding hydrogens is 251 g/mol. The van der Waals surface area contributed by atoms with E-state index in [9.17, 15) is 14.0 Å². The Balaban J connectivity index is 2.28. The number of aryl methyl sites for hydroxylation is 1. The summed E-state index contributed by atoms with van der Waals surface area (Å²) >= 11 is 0. The number of hydrogen-bond acceptors (Lipinski definition) is 3. The summed E-state index contributed by atoms with van der Waals surface area (Å²) in [6.07, 6.45) is 0. The van der Waals surface area contributed by atoms with Crippen LogP contribution in [0.3, 0.4) is 0 Å². The van der Waals surface area contributed by atoms with Crippen molar-refractivity contribution >= 4 is 11.8 Å². The molecule has 2 rings (SSSR count). The Kier molecular flexibility index (Phi) is 3.80. The molecule has 19 heavy (non-hydrogen) atoms. The van der Waals surface area contributed by atoms with E-state index in [1.54, 1.807) is 13.0 Å². The third kappa shape index (κ3) is 2.73. The fraction of sp³-hybridized carbons (Fsp3) is 0.385. The maximum atomic E-state index is 13.8.